The molecule has 0 radical (unpaired) electrons. The summed E-state index contributed by atoms with van der Waals surface area (Å²) in [6.45, 7) is 2.30. The van der Waals surface area contributed by atoms with Gasteiger partial charge in [-0.2, -0.15) is 0 Å². The smallest absolute Gasteiger partial charge is 0.0549 e. The fraction of sp³-hybridized carbons (Fsp3) is 0.571. The van der Waals surface area contributed by atoms with Crippen LogP contribution in [0.15, 0.2) is 22.7 Å². The summed E-state index contributed by atoms with van der Waals surface area (Å²) in [6.07, 6.45) is 6.65. The maximum Gasteiger partial charge on any atom is 0.0549 e. The van der Waals surface area contributed by atoms with E-state index in [0.717, 1.165) is 15.4 Å². The lowest BCUT2D eigenvalue weighted by molar-refractivity contribution is 0.327. The average Bonchev–Trinajstić information content (AvgIpc) is 2.34. The van der Waals surface area contributed by atoms with E-state index in [1.807, 2.05) is 6.07 Å². The fourth-order valence-electron chi connectivity index (χ4n) is 2.61. The zero-order valence-corrected chi connectivity index (χ0v) is 12.5. The molecule has 3 heteroatoms. The fourth-order valence-corrected chi connectivity index (χ4v) is 3.11. The quantitative estimate of drug-likeness (QED) is 0.778. The van der Waals surface area contributed by atoms with Gasteiger partial charge in [-0.15, -0.1) is 0 Å². The molecule has 2 unspecified atom stereocenters. The second-order valence-corrected chi connectivity index (χ2v) is 6.17. The van der Waals surface area contributed by atoms with Crippen LogP contribution in [0.25, 0.3) is 0 Å². The third kappa shape index (κ3) is 3.62. The number of halogens is 2. The predicted molar refractivity (Wildman–Crippen MR) is 78.8 cm³/mol. The lowest BCUT2D eigenvalue weighted by Crippen LogP contribution is -2.27. The Morgan fingerprint density at radius 1 is 1.41 bits per heavy atom. The average molecular weight is 317 g/mol. The number of rotatable bonds is 3. The first kappa shape index (κ1) is 13.2. The SMILES string of the molecule is CCC1CCCC(Nc2ccc(Cl)c(Br)c2)C1. The van der Waals surface area contributed by atoms with Crippen LogP contribution in [0.5, 0.6) is 0 Å². The highest BCUT2D eigenvalue weighted by Gasteiger charge is 2.20. The standard InChI is InChI=1S/C14H19BrClN/c1-2-10-4-3-5-11(8-10)17-12-6-7-14(16)13(15)9-12/h6-7,9-11,17H,2-5,8H2,1H3. The summed E-state index contributed by atoms with van der Waals surface area (Å²) in [5.41, 5.74) is 1.17. The number of hydrogen-bond donors (Lipinski definition) is 1. The van der Waals surface area contributed by atoms with Gasteiger partial charge in [-0.05, 0) is 52.9 Å². The minimum atomic E-state index is 0.627. The molecule has 2 atom stereocenters. The molecule has 1 nitrogen and oxygen atoms in total. The van der Waals surface area contributed by atoms with Crippen LogP contribution in [0.2, 0.25) is 5.02 Å². The van der Waals surface area contributed by atoms with E-state index in [0.29, 0.717) is 6.04 Å². The topological polar surface area (TPSA) is 12.0 Å². The first-order valence-corrected chi connectivity index (χ1v) is 7.57. The first-order chi connectivity index (χ1) is 8.19. The minimum absolute atomic E-state index is 0.627. The van der Waals surface area contributed by atoms with Crippen LogP contribution < -0.4 is 5.32 Å². The monoisotopic (exact) mass is 315 g/mol. The molecular weight excluding hydrogens is 298 g/mol. The summed E-state index contributed by atoms with van der Waals surface area (Å²) in [4.78, 5) is 0. The second-order valence-electron chi connectivity index (χ2n) is 4.91. The first-order valence-electron chi connectivity index (χ1n) is 6.40. The predicted octanol–water partition coefficient (Wildman–Crippen LogP) is 5.48. The number of hydrogen-bond acceptors (Lipinski definition) is 1. The van der Waals surface area contributed by atoms with Gasteiger partial charge in [0, 0.05) is 16.2 Å². The van der Waals surface area contributed by atoms with Gasteiger partial charge in [-0.25, -0.2) is 0 Å². The highest BCUT2D eigenvalue weighted by Crippen LogP contribution is 2.30. The van der Waals surface area contributed by atoms with Crippen molar-refractivity contribution in [3.8, 4) is 0 Å². The van der Waals surface area contributed by atoms with Crippen molar-refractivity contribution in [3.63, 3.8) is 0 Å². The number of anilines is 1. The van der Waals surface area contributed by atoms with E-state index in [1.54, 1.807) is 0 Å². The Hall–Kier alpha value is -0.210. The molecule has 1 fully saturated rings. The van der Waals surface area contributed by atoms with E-state index in [4.69, 9.17) is 11.6 Å². The van der Waals surface area contributed by atoms with Crippen molar-refractivity contribution in [1.82, 2.24) is 0 Å². The van der Waals surface area contributed by atoms with Gasteiger partial charge in [0.1, 0.15) is 0 Å². The van der Waals surface area contributed by atoms with Gasteiger partial charge in [-0.3, -0.25) is 0 Å². The molecule has 0 bridgehead atoms. The molecule has 1 aromatic carbocycles. The van der Waals surface area contributed by atoms with Crippen LogP contribution in [0.1, 0.15) is 39.0 Å². The molecule has 0 aliphatic heterocycles. The van der Waals surface area contributed by atoms with Crippen molar-refractivity contribution in [2.75, 3.05) is 5.32 Å². The molecule has 0 aromatic heterocycles. The second kappa shape index (κ2) is 6.10. The summed E-state index contributed by atoms with van der Waals surface area (Å²) >= 11 is 9.46. The van der Waals surface area contributed by atoms with Crippen molar-refractivity contribution in [3.05, 3.63) is 27.7 Å². The lowest BCUT2D eigenvalue weighted by Gasteiger charge is -2.29. The molecule has 17 heavy (non-hydrogen) atoms. The molecule has 1 aliphatic rings. The number of benzene rings is 1. The van der Waals surface area contributed by atoms with E-state index in [-0.39, 0.29) is 0 Å². The summed E-state index contributed by atoms with van der Waals surface area (Å²) in [6, 6.07) is 6.69. The Bertz CT molecular complexity index is 380. The normalized spacial score (nSPS) is 24.6. The van der Waals surface area contributed by atoms with Crippen molar-refractivity contribution in [1.29, 1.82) is 0 Å². The molecule has 0 spiro atoms. The van der Waals surface area contributed by atoms with Gasteiger partial charge >= 0.3 is 0 Å². The zero-order chi connectivity index (χ0) is 12.3. The Kier molecular flexibility index (Phi) is 4.75. The molecule has 1 saturated carbocycles. The third-order valence-electron chi connectivity index (χ3n) is 3.65. The zero-order valence-electron chi connectivity index (χ0n) is 10.2. The van der Waals surface area contributed by atoms with Gasteiger partial charge < -0.3 is 5.32 Å². The molecular formula is C14H19BrClN. The van der Waals surface area contributed by atoms with E-state index in [1.165, 1.54) is 37.8 Å². The summed E-state index contributed by atoms with van der Waals surface area (Å²) in [7, 11) is 0. The number of nitrogens with one attached hydrogen (secondary N) is 1. The van der Waals surface area contributed by atoms with Gasteiger partial charge in [0.05, 0.1) is 5.02 Å². The van der Waals surface area contributed by atoms with Crippen LogP contribution in [-0.4, -0.2) is 6.04 Å². The van der Waals surface area contributed by atoms with E-state index in [9.17, 15) is 0 Å². The Labute approximate surface area is 117 Å². The third-order valence-corrected chi connectivity index (χ3v) is 4.86. The van der Waals surface area contributed by atoms with Crippen molar-refractivity contribution >= 4 is 33.2 Å². The van der Waals surface area contributed by atoms with Crippen molar-refractivity contribution < 1.29 is 0 Å². The maximum absolute atomic E-state index is 5.99. The summed E-state index contributed by atoms with van der Waals surface area (Å²) in [5.74, 6) is 0.900. The molecule has 1 N–H and O–H groups in total. The molecule has 1 aromatic rings. The highest BCUT2D eigenvalue weighted by molar-refractivity contribution is 9.10. The lowest BCUT2D eigenvalue weighted by atomic mass is 9.84. The molecule has 94 valence electrons. The molecule has 0 heterocycles. The van der Waals surface area contributed by atoms with Crippen molar-refractivity contribution in [2.24, 2.45) is 5.92 Å². The Morgan fingerprint density at radius 3 is 2.94 bits per heavy atom. The molecule has 2 rings (SSSR count). The van der Waals surface area contributed by atoms with Gasteiger partial charge in [0.15, 0.2) is 0 Å². The van der Waals surface area contributed by atoms with Gasteiger partial charge in [0.2, 0.25) is 0 Å². The van der Waals surface area contributed by atoms with Crippen LogP contribution >= 0.6 is 27.5 Å². The largest absolute Gasteiger partial charge is 0.382 e. The molecule has 0 saturated heterocycles. The van der Waals surface area contributed by atoms with E-state index < -0.39 is 0 Å². The Morgan fingerprint density at radius 2 is 2.24 bits per heavy atom. The van der Waals surface area contributed by atoms with Crippen LogP contribution in [-0.2, 0) is 0 Å². The maximum atomic E-state index is 5.99. The summed E-state index contributed by atoms with van der Waals surface area (Å²) in [5, 5.41) is 4.39. The van der Waals surface area contributed by atoms with Gasteiger partial charge in [-0.1, -0.05) is 37.8 Å². The van der Waals surface area contributed by atoms with E-state index in [2.05, 4.69) is 40.3 Å². The molecule has 0 amide bonds. The Balaban J connectivity index is 1.97. The van der Waals surface area contributed by atoms with E-state index >= 15 is 0 Å². The van der Waals surface area contributed by atoms with Crippen LogP contribution in [0, 0.1) is 5.92 Å². The molecule has 1 aliphatic carbocycles. The summed E-state index contributed by atoms with van der Waals surface area (Å²) < 4.78 is 0.965. The minimum Gasteiger partial charge on any atom is -0.382 e. The van der Waals surface area contributed by atoms with Crippen molar-refractivity contribution in [2.45, 2.75) is 45.1 Å². The van der Waals surface area contributed by atoms with Gasteiger partial charge in [0.25, 0.3) is 0 Å². The highest BCUT2D eigenvalue weighted by atomic mass is 79.9. The van der Waals surface area contributed by atoms with Crippen LogP contribution in [0.4, 0.5) is 5.69 Å². The van der Waals surface area contributed by atoms with Crippen LogP contribution in [0.3, 0.4) is 0 Å².